The van der Waals surface area contributed by atoms with Gasteiger partial charge in [0, 0.05) is 0 Å². The van der Waals surface area contributed by atoms with Crippen LogP contribution in [0.2, 0.25) is 15.1 Å². The third kappa shape index (κ3) is 4.64. The molecule has 1 atom stereocenters. The number of halogens is 4. The summed E-state index contributed by atoms with van der Waals surface area (Å²) in [7, 11) is 0. The first-order valence-electron chi connectivity index (χ1n) is 6.19. The number of carbonyl (C=O) groups excluding carboxylic acids is 2. The minimum absolute atomic E-state index is 0.0240. The van der Waals surface area contributed by atoms with Gasteiger partial charge in [-0.2, -0.15) is 0 Å². The van der Waals surface area contributed by atoms with Gasteiger partial charge in [-0.15, -0.1) is 0 Å². The number of nitrogens with one attached hydrogen (secondary N) is 1. The van der Waals surface area contributed by atoms with E-state index in [0.717, 1.165) is 0 Å². The molecule has 1 heterocycles. The monoisotopic (exact) mass is 439 g/mol. The van der Waals surface area contributed by atoms with E-state index in [2.05, 4.69) is 21.2 Å². The molecule has 0 aliphatic rings. The summed E-state index contributed by atoms with van der Waals surface area (Å²) < 4.78 is 10.4. The molecule has 1 aromatic heterocycles. The summed E-state index contributed by atoms with van der Waals surface area (Å²) in [5.41, 5.74) is 0.259. The van der Waals surface area contributed by atoms with E-state index in [1.807, 2.05) is 0 Å². The second-order valence-corrected chi connectivity index (χ2v) is 6.39. The normalized spacial score (nSPS) is 11.9. The number of furan rings is 1. The molecule has 0 spiro atoms. The van der Waals surface area contributed by atoms with Gasteiger partial charge in [0.15, 0.2) is 10.8 Å². The fraction of sp³-hybridized carbons (Fsp3) is 0.143. The van der Waals surface area contributed by atoms with Gasteiger partial charge in [-0.25, -0.2) is 4.79 Å². The van der Waals surface area contributed by atoms with E-state index in [9.17, 15) is 9.59 Å². The van der Waals surface area contributed by atoms with Gasteiger partial charge in [0.25, 0.3) is 5.91 Å². The Kier molecular flexibility index (Phi) is 5.97. The first-order valence-corrected chi connectivity index (χ1v) is 8.12. The largest absolute Gasteiger partial charge is 0.447 e. The van der Waals surface area contributed by atoms with Gasteiger partial charge in [0.2, 0.25) is 5.76 Å². The van der Waals surface area contributed by atoms with Crippen molar-refractivity contribution in [3.8, 4) is 0 Å². The molecule has 0 aliphatic heterocycles. The van der Waals surface area contributed by atoms with Crippen LogP contribution >= 0.6 is 50.7 Å². The number of esters is 1. The van der Waals surface area contributed by atoms with Crippen molar-refractivity contribution >= 4 is 68.3 Å². The van der Waals surface area contributed by atoms with Gasteiger partial charge in [0.05, 0.1) is 20.8 Å². The zero-order valence-electron chi connectivity index (χ0n) is 11.5. The van der Waals surface area contributed by atoms with Crippen LogP contribution in [0.3, 0.4) is 0 Å². The van der Waals surface area contributed by atoms with Crippen LogP contribution in [0.15, 0.2) is 33.4 Å². The average molecular weight is 441 g/mol. The summed E-state index contributed by atoms with van der Waals surface area (Å²) in [6.07, 6.45) is -1.07. The number of hydrogen-bond donors (Lipinski definition) is 1. The van der Waals surface area contributed by atoms with Gasteiger partial charge in [-0.1, -0.05) is 34.8 Å². The van der Waals surface area contributed by atoms with E-state index < -0.39 is 18.0 Å². The highest BCUT2D eigenvalue weighted by Crippen LogP contribution is 2.32. The molecule has 0 aliphatic carbocycles. The van der Waals surface area contributed by atoms with Gasteiger partial charge >= 0.3 is 5.97 Å². The molecular weight excluding hydrogens is 432 g/mol. The van der Waals surface area contributed by atoms with Crippen LogP contribution in [0.5, 0.6) is 0 Å². The summed E-state index contributed by atoms with van der Waals surface area (Å²) in [5, 5.41) is 3.21. The van der Waals surface area contributed by atoms with Crippen LogP contribution in [-0.2, 0) is 9.53 Å². The van der Waals surface area contributed by atoms with Crippen molar-refractivity contribution in [3.63, 3.8) is 0 Å². The second kappa shape index (κ2) is 7.57. The van der Waals surface area contributed by atoms with Crippen molar-refractivity contribution in [2.75, 3.05) is 5.32 Å². The Balaban J connectivity index is 2.03. The van der Waals surface area contributed by atoms with Gasteiger partial charge in [-0.05, 0) is 47.1 Å². The topological polar surface area (TPSA) is 68.5 Å². The van der Waals surface area contributed by atoms with Crippen LogP contribution in [0.25, 0.3) is 0 Å². The van der Waals surface area contributed by atoms with Crippen LogP contribution in [0, 0.1) is 0 Å². The molecule has 5 nitrogen and oxygen atoms in total. The molecule has 0 radical (unpaired) electrons. The minimum atomic E-state index is -1.07. The number of benzene rings is 1. The predicted octanol–water partition coefficient (Wildman–Crippen LogP) is 5.19. The molecule has 1 N–H and O–H groups in total. The number of amides is 1. The highest BCUT2D eigenvalue weighted by molar-refractivity contribution is 9.10. The van der Waals surface area contributed by atoms with Crippen molar-refractivity contribution in [2.45, 2.75) is 13.0 Å². The summed E-state index contributed by atoms with van der Waals surface area (Å²) in [4.78, 5) is 23.9. The molecule has 9 heteroatoms. The maximum atomic E-state index is 12.1. The predicted molar refractivity (Wildman–Crippen MR) is 91.4 cm³/mol. The maximum absolute atomic E-state index is 12.1. The number of ether oxygens (including phenoxy) is 1. The summed E-state index contributed by atoms with van der Waals surface area (Å²) >= 11 is 20.7. The van der Waals surface area contributed by atoms with Crippen molar-refractivity contribution < 1.29 is 18.7 Å². The molecule has 2 rings (SSSR count). The van der Waals surface area contributed by atoms with Gasteiger partial charge in [-0.3, -0.25) is 4.79 Å². The fourth-order valence-corrected chi connectivity index (χ4v) is 2.45. The molecule has 0 unspecified atom stereocenters. The van der Waals surface area contributed by atoms with Crippen molar-refractivity contribution in [1.82, 2.24) is 0 Å². The molecule has 1 amide bonds. The van der Waals surface area contributed by atoms with Gasteiger partial charge in [0.1, 0.15) is 0 Å². The summed E-state index contributed by atoms with van der Waals surface area (Å²) in [5.74, 6) is -1.37. The fourth-order valence-electron chi connectivity index (χ4n) is 1.55. The molecule has 2 aromatic rings. The third-order valence-electron chi connectivity index (χ3n) is 2.70. The smallest absolute Gasteiger partial charge is 0.375 e. The Hall–Kier alpha value is -1.21. The molecule has 0 bridgehead atoms. The second-order valence-electron chi connectivity index (χ2n) is 4.39. The first-order chi connectivity index (χ1) is 10.8. The number of rotatable bonds is 4. The molecule has 0 fully saturated rings. The molecule has 122 valence electrons. The zero-order valence-corrected chi connectivity index (χ0v) is 15.4. The molecular formula is C14H9BrCl3NO4. The molecule has 0 saturated carbocycles. The highest BCUT2D eigenvalue weighted by atomic mass is 79.9. The SMILES string of the molecule is C[C@@H](OC(=O)c1ccc(Br)o1)C(=O)Nc1cc(Cl)c(Cl)cc1Cl. The quantitative estimate of drug-likeness (QED) is 0.524. The number of hydrogen-bond acceptors (Lipinski definition) is 4. The third-order valence-corrected chi connectivity index (χ3v) is 4.16. The minimum Gasteiger partial charge on any atom is -0.447 e. The van der Waals surface area contributed by atoms with Crippen molar-refractivity contribution in [1.29, 1.82) is 0 Å². The van der Waals surface area contributed by atoms with Crippen LogP contribution in [-0.4, -0.2) is 18.0 Å². The average Bonchev–Trinajstić information content (AvgIpc) is 2.91. The lowest BCUT2D eigenvalue weighted by Crippen LogP contribution is -2.30. The van der Waals surface area contributed by atoms with E-state index in [4.69, 9.17) is 44.0 Å². The summed E-state index contributed by atoms with van der Waals surface area (Å²) in [6, 6.07) is 5.77. The molecule has 0 saturated heterocycles. The highest BCUT2D eigenvalue weighted by Gasteiger charge is 2.22. The standard InChI is InChI=1S/C14H9BrCl3NO4/c1-6(22-14(21)11-2-3-12(15)23-11)13(20)19-10-5-8(17)7(16)4-9(10)18/h2-6H,1H3,(H,19,20)/t6-/m1/s1. The van der Waals surface area contributed by atoms with E-state index in [1.165, 1.54) is 31.2 Å². The van der Waals surface area contributed by atoms with Crippen LogP contribution in [0.4, 0.5) is 5.69 Å². The maximum Gasteiger partial charge on any atom is 0.375 e. The Labute approximate surface area is 155 Å². The van der Waals surface area contributed by atoms with Crippen molar-refractivity contribution in [2.24, 2.45) is 0 Å². The Bertz CT molecular complexity index is 762. The number of carbonyl (C=O) groups is 2. The van der Waals surface area contributed by atoms with Crippen molar-refractivity contribution in [3.05, 3.63) is 49.8 Å². The van der Waals surface area contributed by atoms with E-state index in [1.54, 1.807) is 0 Å². The lowest BCUT2D eigenvalue weighted by atomic mass is 10.3. The Morgan fingerprint density at radius 3 is 2.43 bits per heavy atom. The Morgan fingerprint density at radius 1 is 1.17 bits per heavy atom. The van der Waals surface area contributed by atoms with Crippen LogP contribution in [0.1, 0.15) is 17.5 Å². The first kappa shape index (κ1) is 18.1. The van der Waals surface area contributed by atoms with Crippen LogP contribution < -0.4 is 5.32 Å². The molecule has 1 aromatic carbocycles. The lowest BCUT2D eigenvalue weighted by Gasteiger charge is -2.14. The zero-order chi connectivity index (χ0) is 17.1. The van der Waals surface area contributed by atoms with E-state index in [-0.39, 0.29) is 26.5 Å². The Morgan fingerprint density at radius 2 is 1.83 bits per heavy atom. The summed E-state index contributed by atoms with van der Waals surface area (Å²) in [6.45, 7) is 1.41. The molecule has 23 heavy (non-hydrogen) atoms. The van der Waals surface area contributed by atoms with E-state index in [0.29, 0.717) is 4.67 Å². The van der Waals surface area contributed by atoms with Gasteiger partial charge < -0.3 is 14.5 Å². The lowest BCUT2D eigenvalue weighted by molar-refractivity contribution is -0.123. The number of anilines is 1. The van der Waals surface area contributed by atoms with E-state index >= 15 is 0 Å².